The number of fused-ring (bicyclic) bond motifs is 6. The number of aromatic nitrogens is 1. The van der Waals surface area contributed by atoms with Gasteiger partial charge in [0.05, 0.1) is 5.52 Å². The van der Waals surface area contributed by atoms with Crippen LogP contribution in [0.1, 0.15) is 0 Å². The molecule has 1 heterocycles. The highest BCUT2D eigenvalue weighted by Crippen LogP contribution is 2.49. The zero-order chi connectivity index (χ0) is 17.5. The Morgan fingerprint density at radius 2 is 1.00 bits per heavy atom. The number of benzene rings is 5. The molecule has 0 atom stereocenters. The van der Waals surface area contributed by atoms with Crippen LogP contribution in [0.2, 0.25) is 0 Å². The number of nitrogens with one attached hydrogen (secondary N) is 1. The van der Waals surface area contributed by atoms with Crippen LogP contribution < -0.4 is 0 Å². The molecule has 0 amide bonds. The average molecular weight is 341 g/mol. The van der Waals surface area contributed by atoms with Crippen molar-refractivity contribution in [2.75, 3.05) is 0 Å². The number of rotatable bonds is 0. The van der Waals surface area contributed by atoms with Crippen molar-refractivity contribution >= 4 is 43.4 Å². The van der Waals surface area contributed by atoms with Gasteiger partial charge in [-0.1, -0.05) is 78.9 Å². The second-order valence-electron chi connectivity index (χ2n) is 7.42. The van der Waals surface area contributed by atoms with E-state index in [0.29, 0.717) is 0 Å². The average Bonchev–Trinajstić information content (AvgIpc) is 3.07. The Balaban J connectivity index is 1.97. The first-order valence-electron chi connectivity index (χ1n) is 9.39. The number of H-pyrrole nitrogens is 1. The van der Waals surface area contributed by atoms with E-state index in [1.807, 2.05) is 0 Å². The summed E-state index contributed by atoms with van der Waals surface area (Å²) in [6.45, 7) is 0. The lowest BCUT2D eigenvalue weighted by Gasteiger charge is -2.12. The Labute approximate surface area is 155 Å². The lowest BCUT2D eigenvalue weighted by atomic mass is 9.91. The van der Waals surface area contributed by atoms with Crippen molar-refractivity contribution in [3.63, 3.8) is 0 Å². The van der Waals surface area contributed by atoms with Gasteiger partial charge in [0.25, 0.3) is 0 Å². The number of hydrogen-bond donors (Lipinski definition) is 1. The van der Waals surface area contributed by atoms with E-state index in [2.05, 4.69) is 89.9 Å². The van der Waals surface area contributed by atoms with Gasteiger partial charge in [0.2, 0.25) is 0 Å². The van der Waals surface area contributed by atoms with Crippen molar-refractivity contribution in [3.05, 3.63) is 84.9 Å². The maximum absolute atomic E-state index is 3.75. The lowest BCUT2D eigenvalue weighted by molar-refractivity contribution is 1.56. The molecule has 7 rings (SSSR count). The van der Waals surface area contributed by atoms with Crippen molar-refractivity contribution in [1.82, 2.24) is 4.98 Å². The smallest absolute Gasteiger partial charge is 0.0551 e. The van der Waals surface area contributed by atoms with Gasteiger partial charge >= 0.3 is 0 Å². The quantitative estimate of drug-likeness (QED) is 0.279. The molecule has 0 saturated carbocycles. The van der Waals surface area contributed by atoms with E-state index < -0.39 is 0 Å². The predicted octanol–water partition coefficient (Wildman–Crippen LogP) is 7.27. The van der Waals surface area contributed by atoms with Crippen LogP contribution in [0.5, 0.6) is 0 Å². The summed E-state index contributed by atoms with van der Waals surface area (Å²) < 4.78 is 0. The van der Waals surface area contributed by atoms with Crippen molar-refractivity contribution in [3.8, 4) is 22.3 Å². The molecule has 1 nitrogen and oxygen atoms in total. The Bertz CT molecular complexity index is 1570. The third kappa shape index (κ3) is 1.52. The van der Waals surface area contributed by atoms with Crippen LogP contribution in [-0.4, -0.2) is 4.98 Å². The minimum absolute atomic E-state index is 1.21. The molecule has 27 heavy (non-hydrogen) atoms. The molecule has 1 aromatic heterocycles. The van der Waals surface area contributed by atoms with E-state index in [4.69, 9.17) is 0 Å². The maximum Gasteiger partial charge on any atom is 0.0551 e. The number of hydrogen-bond acceptors (Lipinski definition) is 0. The van der Waals surface area contributed by atoms with Gasteiger partial charge < -0.3 is 4.98 Å². The summed E-state index contributed by atoms with van der Waals surface area (Å²) in [5.74, 6) is 0. The van der Waals surface area contributed by atoms with Gasteiger partial charge in [-0.2, -0.15) is 0 Å². The SMILES string of the molecule is c1ccc2c(c1)-c1cccc3[nH]c4c5ccccc5c5cccc-2c5c4c13. The Hall–Kier alpha value is -3.58. The van der Waals surface area contributed by atoms with Gasteiger partial charge in [-0.3, -0.25) is 0 Å². The van der Waals surface area contributed by atoms with Gasteiger partial charge in [-0.15, -0.1) is 0 Å². The van der Waals surface area contributed by atoms with Crippen molar-refractivity contribution in [2.24, 2.45) is 0 Å². The van der Waals surface area contributed by atoms with Gasteiger partial charge in [-0.05, 0) is 39.1 Å². The van der Waals surface area contributed by atoms with Crippen molar-refractivity contribution < 1.29 is 0 Å². The van der Waals surface area contributed by atoms with E-state index in [-0.39, 0.29) is 0 Å². The minimum Gasteiger partial charge on any atom is -0.354 e. The third-order valence-corrected chi connectivity index (χ3v) is 6.13. The zero-order valence-corrected chi connectivity index (χ0v) is 14.6. The monoisotopic (exact) mass is 341 g/mol. The molecular weight excluding hydrogens is 326 g/mol. The van der Waals surface area contributed by atoms with Gasteiger partial charge in [0.1, 0.15) is 0 Å². The molecule has 0 bridgehead atoms. The standard InChI is InChI=1S/C26H15N/c1-2-8-16-15(7-1)18-11-5-12-19-17-9-3-4-10-21(17)26-25(23(18)19)24-20(16)13-6-14-22(24)27-26/h1-14,27H. The van der Waals surface area contributed by atoms with Crippen LogP contribution in [-0.2, 0) is 0 Å². The topological polar surface area (TPSA) is 15.8 Å². The van der Waals surface area contributed by atoms with Crippen LogP contribution in [0.15, 0.2) is 84.9 Å². The Morgan fingerprint density at radius 1 is 0.407 bits per heavy atom. The summed E-state index contributed by atoms with van der Waals surface area (Å²) in [5, 5.41) is 8.03. The molecule has 6 aromatic rings. The maximum atomic E-state index is 3.75. The molecule has 124 valence electrons. The highest BCUT2D eigenvalue weighted by atomic mass is 14.7. The summed E-state index contributed by atoms with van der Waals surface area (Å²) in [4.78, 5) is 3.75. The van der Waals surface area contributed by atoms with Gasteiger partial charge in [-0.25, -0.2) is 0 Å². The first-order chi connectivity index (χ1) is 13.4. The molecule has 0 fully saturated rings. The van der Waals surface area contributed by atoms with Crippen molar-refractivity contribution in [1.29, 1.82) is 0 Å². The molecule has 0 unspecified atom stereocenters. The molecule has 5 aromatic carbocycles. The summed E-state index contributed by atoms with van der Waals surface area (Å²) >= 11 is 0. The molecule has 1 heteroatoms. The first-order valence-corrected chi connectivity index (χ1v) is 9.39. The largest absolute Gasteiger partial charge is 0.354 e. The zero-order valence-electron chi connectivity index (χ0n) is 14.6. The molecule has 1 N–H and O–H groups in total. The van der Waals surface area contributed by atoms with E-state index in [0.717, 1.165) is 0 Å². The fraction of sp³-hybridized carbons (Fsp3) is 0. The summed E-state index contributed by atoms with van der Waals surface area (Å²) in [5.41, 5.74) is 7.76. The van der Waals surface area contributed by atoms with Crippen LogP contribution in [0.4, 0.5) is 0 Å². The van der Waals surface area contributed by atoms with Crippen LogP contribution >= 0.6 is 0 Å². The second kappa shape index (κ2) is 4.57. The molecule has 0 radical (unpaired) electrons. The van der Waals surface area contributed by atoms with E-state index in [9.17, 15) is 0 Å². The highest BCUT2D eigenvalue weighted by molar-refractivity contribution is 6.37. The normalized spacial score (nSPS) is 12.4. The van der Waals surface area contributed by atoms with Gasteiger partial charge in [0, 0.05) is 27.1 Å². The Morgan fingerprint density at radius 3 is 1.81 bits per heavy atom. The van der Waals surface area contributed by atoms with E-state index >= 15 is 0 Å². The van der Waals surface area contributed by atoms with Crippen LogP contribution in [0.25, 0.3) is 65.6 Å². The predicted molar refractivity (Wildman–Crippen MR) is 115 cm³/mol. The van der Waals surface area contributed by atoms with E-state index in [1.54, 1.807) is 0 Å². The second-order valence-corrected chi connectivity index (χ2v) is 7.42. The molecule has 0 aliphatic heterocycles. The molecule has 1 aliphatic carbocycles. The molecular formula is C26H15N. The Kier molecular flexibility index (Phi) is 2.30. The molecule has 1 aliphatic rings. The van der Waals surface area contributed by atoms with Crippen LogP contribution in [0.3, 0.4) is 0 Å². The third-order valence-electron chi connectivity index (χ3n) is 6.13. The fourth-order valence-corrected chi connectivity index (χ4v) is 5.08. The van der Waals surface area contributed by atoms with E-state index in [1.165, 1.54) is 65.6 Å². The molecule has 0 spiro atoms. The summed E-state index contributed by atoms with van der Waals surface area (Å²) in [6.07, 6.45) is 0. The number of aromatic amines is 1. The van der Waals surface area contributed by atoms with Crippen LogP contribution in [0, 0.1) is 0 Å². The minimum atomic E-state index is 1.21. The lowest BCUT2D eigenvalue weighted by Crippen LogP contribution is -1.86. The van der Waals surface area contributed by atoms with Gasteiger partial charge in [0.15, 0.2) is 0 Å². The molecule has 0 saturated heterocycles. The fourth-order valence-electron chi connectivity index (χ4n) is 5.08. The summed E-state index contributed by atoms with van der Waals surface area (Å²) in [6, 6.07) is 31.0. The summed E-state index contributed by atoms with van der Waals surface area (Å²) in [7, 11) is 0. The first kappa shape index (κ1) is 13.6. The highest BCUT2D eigenvalue weighted by Gasteiger charge is 2.23. The van der Waals surface area contributed by atoms with Crippen molar-refractivity contribution in [2.45, 2.75) is 0 Å².